The molecule has 10 heteroatoms. The van der Waals surface area contributed by atoms with Crippen molar-refractivity contribution in [1.82, 2.24) is 10.2 Å². The average Bonchev–Trinajstić information content (AvgIpc) is 2.94. The Kier molecular flexibility index (Phi) is 11.8. The van der Waals surface area contributed by atoms with Crippen LogP contribution in [0.25, 0.3) is 0 Å². The van der Waals surface area contributed by atoms with Gasteiger partial charge in [-0.3, -0.25) is 13.9 Å². The molecule has 0 saturated carbocycles. The van der Waals surface area contributed by atoms with Gasteiger partial charge >= 0.3 is 0 Å². The van der Waals surface area contributed by atoms with Crippen LogP contribution in [0, 0.1) is 6.92 Å². The molecule has 0 saturated heterocycles. The molecule has 0 bridgehead atoms. The van der Waals surface area contributed by atoms with Crippen molar-refractivity contribution >= 4 is 39.1 Å². The maximum atomic E-state index is 13.9. The van der Waals surface area contributed by atoms with Crippen molar-refractivity contribution in [2.75, 3.05) is 24.2 Å². The maximum absolute atomic E-state index is 13.9. The highest BCUT2D eigenvalue weighted by atomic mass is 35.5. The molecule has 0 aliphatic rings. The van der Waals surface area contributed by atoms with E-state index in [4.69, 9.17) is 16.3 Å². The minimum Gasteiger partial charge on any atom is -0.497 e. The van der Waals surface area contributed by atoms with E-state index in [0.717, 1.165) is 17.4 Å². The fourth-order valence-electron chi connectivity index (χ4n) is 4.75. The molecule has 226 valence electrons. The van der Waals surface area contributed by atoms with Crippen molar-refractivity contribution < 1.29 is 22.7 Å². The van der Waals surface area contributed by atoms with E-state index < -0.39 is 16.1 Å². The topological polar surface area (TPSA) is 96.0 Å². The molecule has 0 radical (unpaired) electrons. The van der Waals surface area contributed by atoms with E-state index >= 15 is 0 Å². The van der Waals surface area contributed by atoms with Gasteiger partial charge in [0.2, 0.25) is 21.8 Å². The molecule has 3 rings (SSSR count). The average molecular weight is 614 g/mol. The number of anilines is 1. The van der Waals surface area contributed by atoms with E-state index in [0.29, 0.717) is 28.4 Å². The van der Waals surface area contributed by atoms with E-state index in [-0.39, 0.29) is 43.8 Å². The second kappa shape index (κ2) is 15.1. The summed E-state index contributed by atoms with van der Waals surface area (Å²) in [5.74, 6) is 0.137. The molecule has 0 spiro atoms. The Labute approximate surface area is 254 Å². The normalized spacial score (nSPS) is 12.1. The van der Waals surface area contributed by atoms with Crippen LogP contribution in [0.5, 0.6) is 5.75 Å². The lowest BCUT2D eigenvalue weighted by Gasteiger charge is -2.32. The fourth-order valence-corrected chi connectivity index (χ4v) is 5.94. The monoisotopic (exact) mass is 613 g/mol. The summed E-state index contributed by atoms with van der Waals surface area (Å²) in [7, 11) is -2.07. The largest absolute Gasteiger partial charge is 0.497 e. The Balaban J connectivity index is 1.92. The summed E-state index contributed by atoms with van der Waals surface area (Å²) in [5, 5.41) is 3.44. The molecule has 2 amide bonds. The number of ether oxygens (including phenoxy) is 1. The number of nitrogens with one attached hydrogen (secondary N) is 1. The smallest absolute Gasteiger partial charge is 0.243 e. The van der Waals surface area contributed by atoms with Crippen molar-refractivity contribution in [2.24, 2.45) is 0 Å². The Morgan fingerprint density at radius 2 is 1.64 bits per heavy atom. The van der Waals surface area contributed by atoms with Gasteiger partial charge in [0.1, 0.15) is 11.8 Å². The number of rotatable bonds is 14. The van der Waals surface area contributed by atoms with E-state index in [1.54, 1.807) is 37.1 Å². The van der Waals surface area contributed by atoms with Crippen LogP contribution in [0.2, 0.25) is 5.02 Å². The van der Waals surface area contributed by atoms with E-state index in [9.17, 15) is 18.0 Å². The van der Waals surface area contributed by atoms with Crippen LogP contribution in [0.3, 0.4) is 0 Å². The van der Waals surface area contributed by atoms with Gasteiger partial charge in [-0.15, -0.1) is 0 Å². The molecule has 1 N–H and O–H groups in total. The van der Waals surface area contributed by atoms with E-state index in [2.05, 4.69) is 5.32 Å². The van der Waals surface area contributed by atoms with Gasteiger partial charge in [0.15, 0.2) is 0 Å². The van der Waals surface area contributed by atoms with Gasteiger partial charge in [0.25, 0.3) is 0 Å². The summed E-state index contributed by atoms with van der Waals surface area (Å²) in [5.41, 5.74) is 2.85. The number of carbonyl (C=O) groups is 2. The molecular weight excluding hydrogens is 574 g/mol. The zero-order valence-electron chi connectivity index (χ0n) is 24.8. The number of sulfonamides is 1. The summed E-state index contributed by atoms with van der Waals surface area (Å²) in [6, 6.07) is 21.2. The van der Waals surface area contributed by atoms with Crippen LogP contribution in [-0.2, 0) is 32.6 Å². The van der Waals surface area contributed by atoms with Crippen molar-refractivity contribution in [3.8, 4) is 5.75 Å². The SMILES string of the molecule is COc1cccc(CN(C(=O)CCCN(c2cccc(Cl)c2C)S(C)(=O)=O)C(Cc2ccccc2)C(=O)NC(C)C)c1. The molecule has 0 fully saturated rings. The van der Waals surface area contributed by atoms with Gasteiger partial charge in [0.05, 0.1) is 19.1 Å². The van der Waals surface area contributed by atoms with Crippen LogP contribution in [0.4, 0.5) is 5.69 Å². The number of amides is 2. The van der Waals surface area contributed by atoms with Gasteiger partial charge in [-0.05, 0) is 68.1 Å². The molecule has 42 heavy (non-hydrogen) atoms. The van der Waals surface area contributed by atoms with E-state index in [1.807, 2.05) is 68.4 Å². The number of carbonyl (C=O) groups excluding carboxylic acids is 2. The maximum Gasteiger partial charge on any atom is 0.243 e. The second-order valence-electron chi connectivity index (χ2n) is 10.6. The summed E-state index contributed by atoms with van der Waals surface area (Å²) < 4.78 is 32.1. The molecule has 0 aliphatic carbocycles. The second-order valence-corrected chi connectivity index (χ2v) is 12.9. The van der Waals surface area contributed by atoms with Crippen molar-refractivity contribution in [3.05, 3.63) is 94.5 Å². The quantitative estimate of drug-likeness (QED) is 0.264. The first-order valence-corrected chi connectivity index (χ1v) is 16.1. The molecule has 0 aromatic heterocycles. The molecule has 0 aliphatic heterocycles. The molecular formula is C32H40ClN3O5S. The summed E-state index contributed by atoms with van der Waals surface area (Å²) >= 11 is 6.27. The van der Waals surface area contributed by atoms with Gasteiger partial charge in [-0.2, -0.15) is 0 Å². The Morgan fingerprint density at radius 3 is 2.29 bits per heavy atom. The molecule has 1 unspecified atom stereocenters. The zero-order chi connectivity index (χ0) is 30.9. The number of halogens is 1. The Hall–Kier alpha value is -3.56. The van der Waals surface area contributed by atoms with Crippen LogP contribution in [-0.4, -0.2) is 57.1 Å². The van der Waals surface area contributed by atoms with Gasteiger partial charge in [0, 0.05) is 37.0 Å². The first-order chi connectivity index (χ1) is 19.9. The zero-order valence-corrected chi connectivity index (χ0v) is 26.4. The third-order valence-electron chi connectivity index (χ3n) is 6.85. The molecule has 3 aromatic rings. The first-order valence-electron chi connectivity index (χ1n) is 13.9. The minimum absolute atomic E-state index is 0.0375. The highest BCUT2D eigenvalue weighted by molar-refractivity contribution is 7.92. The standard InChI is InChI=1S/C32H40ClN3O5S/c1-23(2)34-32(38)30(21-25-12-7-6-8-13-25)35(22-26-14-9-15-27(20-26)41-4)31(37)18-11-19-36(42(5,39)40)29-17-10-16-28(33)24(29)3/h6-10,12-17,20,23,30H,11,18-19,21-22H2,1-5H3,(H,34,38). The molecule has 8 nitrogen and oxygen atoms in total. The Bertz CT molecular complexity index is 1460. The summed E-state index contributed by atoms with van der Waals surface area (Å²) in [4.78, 5) is 29.1. The predicted octanol–water partition coefficient (Wildman–Crippen LogP) is 5.37. The predicted molar refractivity (Wildman–Crippen MR) is 168 cm³/mol. The van der Waals surface area contributed by atoms with Crippen LogP contribution in [0.15, 0.2) is 72.8 Å². The van der Waals surface area contributed by atoms with Crippen LogP contribution >= 0.6 is 11.6 Å². The van der Waals surface area contributed by atoms with E-state index in [1.165, 1.54) is 4.31 Å². The van der Waals surface area contributed by atoms with Crippen LogP contribution in [0.1, 0.15) is 43.4 Å². The molecule has 3 aromatic carbocycles. The number of methoxy groups -OCH3 is 1. The lowest BCUT2D eigenvalue weighted by Crippen LogP contribution is -2.51. The minimum atomic E-state index is -3.64. The first kappa shape index (κ1) is 32.9. The lowest BCUT2D eigenvalue weighted by molar-refractivity contribution is -0.141. The highest BCUT2D eigenvalue weighted by Crippen LogP contribution is 2.29. The fraction of sp³-hybridized carbons (Fsp3) is 0.375. The summed E-state index contributed by atoms with van der Waals surface area (Å²) in [6.07, 6.45) is 1.74. The number of nitrogens with zero attached hydrogens (tertiary/aromatic N) is 2. The van der Waals surface area contributed by atoms with Gasteiger partial charge < -0.3 is 15.0 Å². The van der Waals surface area contributed by atoms with Crippen molar-refractivity contribution in [1.29, 1.82) is 0 Å². The lowest BCUT2D eigenvalue weighted by atomic mass is 10.0. The molecule has 1 atom stereocenters. The number of hydrogen-bond donors (Lipinski definition) is 1. The highest BCUT2D eigenvalue weighted by Gasteiger charge is 2.31. The van der Waals surface area contributed by atoms with Crippen molar-refractivity contribution in [2.45, 2.75) is 58.7 Å². The van der Waals surface area contributed by atoms with Gasteiger partial charge in [-0.25, -0.2) is 8.42 Å². The third kappa shape index (κ3) is 9.22. The van der Waals surface area contributed by atoms with Gasteiger partial charge in [-0.1, -0.05) is 60.1 Å². The van der Waals surface area contributed by atoms with Crippen molar-refractivity contribution in [3.63, 3.8) is 0 Å². The third-order valence-corrected chi connectivity index (χ3v) is 8.44. The van der Waals surface area contributed by atoms with Crippen LogP contribution < -0.4 is 14.4 Å². The Morgan fingerprint density at radius 1 is 0.976 bits per heavy atom. The molecule has 0 heterocycles. The number of benzene rings is 3. The summed E-state index contributed by atoms with van der Waals surface area (Å²) in [6.45, 7) is 5.79. The number of hydrogen-bond acceptors (Lipinski definition) is 5.